The summed E-state index contributed by atoms with van der Waals surface area (Å²) in [5, 5.41) is 13.1. The van der Waals surface area contributed by atoms with Gasteiger partial charge in [0.15, 0.2) is 5.79 Å². The molecular formula is C14H21NO3. The van der Waals surface area contributed by atoms with Gasteiger partial charge in [-0.05, 0) is 26.8 Å². The predicted octanol–water partition coefficient (Wildman–Crippen LogP) is 2.19. The lowest BCUT2D eigenvalue weighted by Gasteiger charge is -2.20. The molecule has 4 heteroatoms. The van der Waals surface area contributed by atoms with Gasteiger partial charge in [0.25, 0.3) is 0 Å². The Hall–Kier alpha value is -1.10. The number of phenols is 1. The van der Waals surface area contributed by atoms with Gasteiger partial charge in [0.05, 0.1) is 12.7 Å². The fourth-order valence-corrected chi connectivity index (χ4v) is 2.14. The molecule has 0 radical (unpaired) electrons. The second kappa shape index (κ2) is 5.26. The Morgan fingerprint density at radius 1 is 1.44 bits per heavy atom. The monoisotopic (exact) mass is 251 g/mol. The zero-order chi connectivity index (χ0) is 13.2. The minimum Gasteiger partial charge on any atom is -0.508 e. The summed E-state index contributed by atoms with van der Waals surface area (Å²) in [6, 6.07) is 7.45. The SMILES string of the molecule is CC(NCC1COC(C)(C)O1)c1ccccc1O. The van der Waals surface area contributed by atoms with Gasteiger partial charge in [0.2, 0.25) is 0 Å². The van der Waals surface area contributed by atoms with Crippen LogP contribution in [0.25, 0.3) is 0 Å². The van der Waals surface area contributed by atoms with Crippen LogP contribution in [0.5, 0.6) is 5.75 Å². The van der Waals surface area contributed by atoms with Crippen molar-refractivity contribution in [1.82, 2.24) is 5.32 Å². The van der Waals surface area contributed by atoms with Crippen LogP contribution in [0.2, 0.25) is 0 Å². The molecule has 0 aromatic heterocycles. The quantitative estimate of drug-likeness (QED) is 0.861. The van der Waals surface area contributed by atoms with Crippen molar-refractivity contribution >= 4 is 0 Å². The van der Waals surface area contributed by atoms with E-state index in [1.165, 1.54) is 0 Å². The molecule has 1 heterocycles. The van der Waals surface area contributed by atoms with Crippen LogP contribution < -0.4 is 5.32 Å². The van der Waals surface area contributed by atoms with Crippen LogP contribution in [0, 0.1) is 0 Å². The van der Waals surface area contributed by atoms with Crippen molar-refractivity contribution in [3.63, 3.8) is 0 Å². The van der Waals surface area contributed by atoms with E-state index in [0.717, 1.165) is 5.56 Å². The third-order valence-electron chi connectivity index (χ3n) is 3.12. The molecule has 1 saturated heterocycles. The molecule has 0 aliphatic carbocycles. The summed E-state index contributed by atoms with van der Waals surface area (Å²) in [7, 11) is 0. The molecule has 2 N–H and O–H groups in total. The van der Waals surface area contributed by atoms with Crippen LogP contribution in [-0.2, 0) is 9.47 Å². The van der Waals surface area contributed by atoms with E-state index in [-0.39, 0.29) is 12.1 Å². The van der Waals surface area contributed by atoms with E-state index < -0.39 is 5.79 Å². The third-order valence-corrected chi connectivity index (χ3v) is 3.12. The number of hydrogen-bond acceptors (Lipinski definition) is 4. The number of nitrogens with one attached hydrogen (secondary N) is 1. The number of ether oxygens (including phenoxy) is 2. The molecule has 1 aromatic rings. The Kier molecular flexibility index (Phi) is 3.90. The zero-order valence-corrected chi connectivity index (χ0v) is 11.1. The Labute approximate surface area is 108 Å². The van der Waals surface area contributed by atoms with Gasteiger partial charge in [-0.25, -0.2) is 0 Å². The van der Waals surface area contributed by atoms with Crippen molar-refractivity contribution in [2.45, 2.75) is 38.7 Å². The van der Waals surface area contributed by atoms with Crippen molar-refractivity contribution in [2.24, 2.45) is 0 Å². The van der Waals surface area contributed by atoms with Gasteiger partial charge >= 0.3 is 0 Å². The van der Waals surface area contributed by atoms with Crippen LogP contribution in [0.4, 0.5) is 0 Å². The minimum atomic E-state index is -0.482. The molecule has 0 bridgehead atoms. The van der Waals surface area contributed by atoms with Gasteiger partial charge in [-0.2, -0.15) is 0 Å². The predicted molar refractivity (Wildman–Crippen MR) is 69.4 cm³/mol. The van der Waals surface area contributed by atoms with Gasteiger partial charge in [-0.1, -0.05) is 18.2 Å². The van der Waals surface area contributed by atoms with E-state index in [9.17, 15) is 5.11 Å². The van der Waals surface area contributed by atoms with E-state index in [1.807, 2.05) is 39.0 Å². The maximum absolute atomic E-state index is 9.76. The first-order chi connectivity index (χ1) is 8.48. The number of phenolic OH excluding ortho intramolecular Hbond substituents is 1. The van der Waals surface area contributed by atoms with Crippen molar-refractivity contribution in [1.29, 1.82) is 0 Å². The van der Waals surface area contributed by atoms with Gasteiger partial charge in [-0.3, -0.25) is 0 Å². The highest BCUT2D eigenvalue weighted by Gasteiger charge is 2.32. The van der Waals surface area contributed by atoms with Crippen LogP contribution in [0.1, 0.15) is 32.4 Å². The topological polar surface area (TPSA) is 50.7 Å². The maximum atomic E-state index is 9.76. The van der Waals surface area contributed by atoms with Crippen molar-refractivity contribution in [3.05, 3.63) is 29.8 Å². The molecule has 0 spiro atoms. The molecule has 0 amide bonds. The van der Waals surface area contributed by atoms with Gasteiger partial charge in [0, 0.05) is 18.2 Å². The fraction of sp³-hybridized carbons (Fsp3) is 0.571. The third kappa shape index (κ3) is 3.22. The van der Waals surface area contributed by atoms with E-state index >= 15 is 0 Å². The van der Waals surface area contributed by atoms with Crippen LogP contribution in [-0.4, -0.2) is 30.1 Å². The second-order valence-corrected chi connectivity index (χ2v) is 5.14. The molecule has 18 heavy (non-hydrogen) atoms. The molecule has 1 aliphatic heterocycles. The standard InChI is InChI=1S/C14H21NO3/c1-10(12-6-4-5-7-13(12)16)15-8-11-9-17-14(2,3)18-11/h4-7,10-11,15-16H,8-9H2,1-3H3. The Morgan fingerprint density at radius 2 is 2.17 bits per heavy atom. The zero-order valence-electron chi connectivity index (χ0n) is 11.1. The highest BCUT2D eigenvalue weighted by molar-refractivity contribution is 5.34. The van der Waals surface area contributed by atoms with E-state index in [2.05, 4.69) is 5.32 Å². The normalized spacial score (nSPS) is 24.1. The van der Waals surface area contributed by atoms with Gasteiger partial charge in [0.1, 0.15) is 5.75 Å². The lowest BCUT2D eigenvalue weighted by molar-refractivity contribution is -0.137. The number of hydrogen-bond donors (Lipinski definition) is 2. The Morgan fingerprint density at radius 3 is 2.78 bits per heavy atom. The molecular weight excluding hydrogens is 230 g/mol. The largest absolute Gasteiger partial charge is 0.508 e. The Bertz CT molecular complexity index is 406. The molecule has 1 fully saturated rings. The molecule has 4 nitrogen and oxygen atoms in total. The van der Waals surface area contributed by atoms with Gasteiger partial charge < -0.3 is 19.9 Å². The molecule has 1 aromatic carbocycles. The Balaban J connectivity index is 1.86. The van der Waals surface area contributed by atoms with E-state index in [4.69, 9.17) is 9.47 Å². The van der Waals surface area contributed by atoms with E-state index in [0.29, 0.717) is 18.9 Å². The van der Waals surface area contributed by atoms with E-state index in [1.54, 1.807) is 6.07 Å². The van der Waals surface area contributed by atoms with Crippen LogP contribution in [0.15, 0.2) is 24.3 Å². The summed E-state index contributed by atoms with van der Waals surface area (Å²) in [5.41, 5.74) is 0.899. The highest BCUT2D eigenvalue weighted by Crippen LogP contribution is 2.25. The fourth-order valence-electron chi connectivity index (χ4n) is 2.14. The molecule has 1 aliphatic rings. The average molecular weight is 251 g/mol. The van der Waals surface area contributed by atoms with Gasteiger partial charge in [-0.15, -0.1) is 0 Å². The van der Waals surface area contributed by atoms with Crippen LogP contribution >= 0.6 is 0 Å². The lowest BCUT2D eigenvalue weighted by Crippen LogP contribution is -2.32. The number of rotatable bonds is 4. The number of aromatic hydroxyl groups is 1. The first kappa shape index (κ1) is 13.3. The summed E-state index contributed by atoms with van der Waals surface area (Å²) >= 11 is 0. The molecule has 2 unspecified atom stereocenters. The highest BCUT2D eigenvalue weighted by atomic mass is 16.7. The first-order valence-corrected chi connectivity index (χ1v) is 6.31. The minimum absolute atomic E-state index is 0.0632. The summed E-state index contributed by atoms with van der Waals surface area (Å²) < 4.78 is 11.2. The van der Waals surface area contributed by atoms with Crippen molar-refractivity contribution in [3.8, 4) is 5.75 Å². The second-order valence-electron chi connectivity index (χ2n) is 5.14. The van der Waals surface area contributed by atoms with Crippen molar-refractivity contribution in [2.75, 3.05) is 13.2 Å². The summed E-state index contributed by atoms with van der Waals surface area (Å²) in [5.74, 6) is -0.161. The summed E-state index contributed by atoms with van der Waals surface area (Å²) in [6.45, 7) is 7.17. The molecule has 2 atom stereocenters. The maximum Gasteiger partial charge on any atom is 0.163 e. The smallest absolute Gasteiger partial charge is 0.163 e. The first-order valence-electron chi connectivity index (χ1n) is 6.31. The lowest BCUT2D eigenvalue weighted by atomic mass is 10.1. The number of benzene rings is 1. The summed E-state index contributed by atoms with van der Waals surface area (Å²) in [6.07, 6.45) is 0.0632. The molecule has 0 saturated carbocycles. The van der Waals surface area contributed by atoms with Crippen LogP contribution in [0.3, 0.4) is 0 Å². The molecule has 2 rings (SSSR count). The summed E-state index contributed by atoms with van der Waals surface area (Å²) in [4.78, 5) is 0. The number of para-hydroxylation sites is 1. The molecule has 100 valence electrons. The average Bonchev–Trinajstić information content (AvgIpc) is 2.66. The van der Waals surface area contributed by atoms with Crippen molar-refractivity contribution < 1.29 is 14.6 Å².